The molecule has 2 aliphatic rings. The molecule has 6 nitrogen and oxygen atoms in total. The standard InChI is InChI=1S/C24H22BrCl2N3O3/c1-24(2)15(11-19(26)27)21(24)23(33)30-17-6-4-3-5-16(17)29-22(32)18(30)12-20(31)28-14-9-7-13(25)8-10-14/h3-11,15,18,21H,12H2,1-2H3,(H,28,31)(H,29,32)/t15-,18+,21+/m1/s1. The van der Waals surface area contributed by atoms with E-state index in [1.54, 1.807) is 54.6 Å². The molecule has 33 heavy (non-hydrogen) atoms. The van der Waals surface area contributed by atoms with Gasteiger partial charge in [-0.2, -0.15) is 0 Å². The molecule has 3 atom stereocenters. The van der Waals surface area contributed by atoms with Crippen molar-refractivity contribution in [1.29, 1.82) is 0 Å². The number of carbonyl (C=O) groups excluding carboxylic acids is 3. The second kappa shape index (κ2) is 9.12. The Morgan fingerprint density at radius 2 is 1.82 bits per heavy atom. The number of nitrogens with zero attached hydrogens (tertiary/aromatic N) is 1. The molecular weight excluding hydrogens is 529 g/mol. The Morgan fingerprint density at radius 3 is 2.48 bits per heavy atom. The summed E-state index contributed by atoms with van der Waals surface area (Å²) >= 11 is 15.1. The van der Waals surface area contributed by atoms with E-state index < -0.39 is 17.9 Å². The van der Waals surface area contributed by atoms with Gasteiger partial charge in [-0.3, -0.25) is 19.3 Å². The van der Waals surface area contributed by atoms with Crippen LogP contribution < -0.4 is 15.5 Å². The number of benzene rings is 2. The van der Waals surface area contributed by atoms with E-state index in [-0.39, 0.29) is 34.1 Å². The number of fused-ring (bicyclic) bond motifs is 1. The van der Waals surface area contributed by atoms with Gasteiger partial charge in [0.15, 0.2) is 0 Å². The van der Waals surface area contributed by atoms with Gasteiger partial charge in [0.2, 0.25) is 17.7 Å². The van der Waals surface area contributed by atoms with Crippen molar-refractivity contribution in [1.82, 2.24) is 0 Å². The Labute approximate surface area is 210 Å². The van der Waals surface area contributed by atoms with Crippen LogP contribution >= 0.6 is 39.1 Å². The number of amides is 3. The predicted molar refractivity (Wildman–Crippen MR) is 134 cm³/mol. The Morgan fingerprint density at radius 1 is 1.15 bits per heavy atom. The predicted octanol–water partition coefficient (Wildman–Crippen LogP) is 5.72. The molecule has 0 aromatic heterocycles. The molecule has 0 unspecified atom stereocenters. The molecule has 1 saturated carbocycles. The highest BCUT2D eigenvalue weighted by atomic mass is 79.9. The first-order valence-electron chi connectivity index (χ1n) is 10.4. The molecule has 1 aliphatic carbocycles. The van der Waals surface area contributed by atoms with Crippen LogP contribution in [0.3, 0.4) is 0 Å². The highest BCUT2D eigenvalue weighted by molar-refractivity contribution is 9.10. The lowest BCUT2D eigenvalue weighted by Gasteiger charge is -2.36. The molecule has 1 aliphatic heterocycles. The molecule has 172 valence electrons. The third-order valence-electron chi connectivity index (χ3n) is 6.26. The van der Waals surface area contributed by atoms with Gasteiger partial charge in [-0.25, -0.2) is 0 Å². The van der Waals surface area contributed by atoms with Crippen LogP contribution in [-0.4, -0.2) is 23.8 Å². The zero-order chi connectivity index (χ0) is 23.9. The number of carbonyl (C=O) groups is 3. The average molecular weight is 551 g/mol. The van der Waals surface area contributed by atoms with Crippen LogP contribution in [0.25, 0.3) is 0 Å². The van der Waals surface area contributed by atoms with E-state index in [4.69, 9.17) is 23.2 Å². The summed E-state index contributed by atoms with van der Waals surface area (Å²) in [6.07, 6.45) is 1.47. The van der Waals surface area contributed by atoms with Crippen molar-refractivity contribution in [3.8, 4) is 0 Å². The van der Waals surface area contributed by atoms with Crippen molar-refractivity contribution in [2.75, 3.05) is 15.5 Å². The van der Waals surface area contributed by atoms with Crippen LogP contribution in [0.2, 0.25) is 0 Å². The Hall–Kier alpha value is -2.35. The van der Waals surface area contributed by atoms with Gasteiger partial charge in [0.25, 0.3) is 0 Å². The molecule has 1 fully saturated rings. The number of hydrogen-bond acceptors (Lipinski definition) is 3. The fourth-order valence-corrected chi connectivity index (χ4v) is 4.95. The van der Waals surface area contributed by atoms with Gasteiger partial charge in [-0.1, -0.05) is 65.1 Å². The summed E-state index contributed by atoms with van der Waals surface area (Å²) < 4.78 is 0.985. The highest BCUT2D eigenvalue weighted by Gasteiger charge is 2.62. The third-order valence-corrected chi connectivity index (χ3v) is 7.04. The highest BCUT2D eigenvalue weighted by Crippen LogP contribution is 2.61. The molecule has 0 bridgehead atoms. The fourth-order valence-electron chi connectivity index (χ4n) is 4.41. The summed E-state index contributed by atoms with van der Waals surface area (Å²) in [5, 5.41) is 5.62. The summed E-state index contributed by atoms with van der Waals surface area (Å²) in [7, 11) is 0. The van der Waals surface area contributed by atoms with Crippen LogP contribution in [0, 0.1) is 17.3 Å². The maximum absolute atomic E-state index is 13.8. The SMILES string of the molecule is CC1(C)[C@H](C=C(Cl)Cl)[C@H]1C(=O)N1c2ccccc2NC(=O)[C@@H]1CC(=O)Nc1ccc(Br)cc1. The molecule has 2 aromatic carbocycles. The lowest BCUT2D eigenvalue weighted by atomic mass is 10.0. The zero-order valence-electron chi connectivity index (χ0n) is 17.9. The summed E-state index contributed by atoms with van der Waals surface area (Å²) in [6, 6.07) is 13.2. The number of para-hydroxylation sites is 2. The van der Waals surface area contributed by atoms with Crippen LogP contribution in [0.15, 0.2) is 63.6 Å². The minimum absolute atomic E-state index is 0.102. The molecule has 2 aromatic rings. The van der Waals surface area contributed by atoms with E-state index in [0.717, 1.165) is 4.47 Å². The van der Waals surface area contributed by atoms with Crippen LogP contribution in [0.1, 0.15) is 20.3 Å². The first kappa shape index (κ1) is 23.8. The van der Waals surface area contributed by atoms with Gasteiger partial charge in [-0.05, 0) is 53.8 Å². The Kier molecular flexibility index (Phi) is 6.58. The molecule has 1 heterocycles. The molecule has 3 amide bonds. The first-order valence-corrected chi connectivity index (χ1v) is 12.0. The number of halogens is 3. The number of anilines is 3. The average Bonchev–Trinajstić information content (AvgIpc) is 3.28. The fraction of sp³-hybridized carbons (Fsp3) is 0.292. The largest absolute Gasteiger partial charge is 0.326 e. The monoisotopic (exact) mass is 549 g/mol. The first-order chi connectivity index (χ1) is 15.6. The van der Waals surface area contributed by atoms with Gasteiger partial charge in [0, 0.05) is 10.2 Å². The van der Waals surface area contributed by atoms with Gasteiger partial charge < -0.3 is 10.6 Å². The van der Waals surface area contributed by atoms with E-state index in [1.165, 1.54) is 4.90 Å². The topological polar surface area (TPSA) is 78.5 Å². The normalized spacial score (nSPS) is 22.6. The maximum Gasteiger partial charge on any atom is 0.248 e. The summed E-state index contributed by atoms with van der Waals surface area (Å²) in [5.41, 5.74) is 1.31. The van der Waals surface area contributed by atoms with E-state index >= 15 is 0 Å². The van der Waals surface area contributed by atoms with Crippen molar-refractivity contribution in [2.45, 2.75) is 26.3 Å². The number of nitrogens with one attached hydrogen (secondary N) is 2. The zero-order valence-corrected chi connectivity index (χ0v) is 21.0. The van der Waals surface area contributed by atoms with Crippen molar-refractivity contribution in [3.63, 3.8) is 0 Å². The molecule has 4 rings (SSSR count). The van der Waals surface area contributed by atoms with Crippen LogP contribution in [-0.2, 0) is 14.4 Å². The number of allylic oxidation sites excluding steroid dienone is 1. The van der Waals surface area contributed by atoms with E-state index in [1.807, 2.05) is 13.8 Å². The summed E-state index contributed by atoms with van der Waals surface area (Å²) in [4.78, 5) is 41.1. The molecule has 9 heteroatoms. The lowest BCUT2D eigenvalue weighted by Crippen LogP contribution is -2.53. The Bertz CT molecular complexity index is 1150. The van der Waals surface area contributed by atoms with E-state index in [9.17, 15) is 14.4 Å². The van der Waals surface area contributed by atoms with Gasteiger partial charge in [0.05, 0.1) is 23.7 Å². The van der Waals surface area contributed by atoms with Gasteiger partial charge in [0.1, 0.15) is 10.5 Å². The summed E-state index contributed by atoms with van der Waals surface area (Å²) in [5.74, 6) is -1.59. The third kappa shape index (κ3) is 4.81. The van der Waals surface area contributed by atoms with Crippen molar-refractivity contribution in [2.24, 2.45) is 17.3 Å². The van der Waals surface area contributed by atoms with E-state index in [0.29, 0.717) is 17.1 Å². The van der Waals surface area contributed by atoms with Crippen LogP contribution in [0.4, 0.5) is 17.1 Å². The molecular formula is C24H22BrCl2N3O3. The van der Waals surface area contributed by atoms with Crippen molar-refractivity contribution < 1.29 is 14.4 Å². The second-order valence-corrected chi connectivity index (χ2v) is 10.7. The van der Waals surface area contributed by atoms with Crippen molar-refractivity contribution in [3.05, 3.63) is 63.6 Å². The summed E-state index contributed by atoms with van der Waals surface area (Å²) in [6.45, 7) is 3.91. The molecule has 0 radical (unpaired) electrons. The minimum Gasteiger partial charge on any atom is -0.326 e. The number of rotatable bonds is 5. The van der Waals surface area contributed by atoms with Gasteiger partial charge in [-0.15, -0.1) is 0 Å². The minimum atomic E-state index is -0.990. The molecule has 0 spiro atoms. The van der Waals surface area contributed by atoms with Crippen molar-refractivity contribution >= 4 is 73.9 Å². The van der Waals surface area contributed by atoms with Gasteiger partial charge >= 0.3 is 0 Å². The quantitative estimate of drug-likeness (QED) is 0.499. The second-order valence-electron chi connectivity index (χ2n) is 8.77. The maximum atomic E-state index is 13.8. The number of hydrogen-bond donors (Lipinski definition) is 2. The smallest absolute Gasteiger partial charge is 0.248 e. The molecule has 0 saturated heterocycles. The molecule has 2 N–H and O–H groups in total. The van der Waals surface area contributed by atoms with Crippen LogP contribution in [0.5, 0.6) is 0 Å². The van der Waals surface area contributed by atoms with E-state index in [2.05, 4.69) is 26.6 Å². The lowest BCUT2D eigenvalue weighted by molar-refractivity contribution is -0.127. The Balaban J connectivity index is 1.63.